The summed E-state index contributed by atoms with van der Waals surface area (Å²) in [5.74, 6) is -4.92. The van der Waals surface area contributed by atoms with E-state index in [0.29, 0.717) is 0 Å². The average Bonchev–Trinajstić information content (AvgIpc) is 3.40. The molecule has 0 saturated carbocycles. The van der Waals surface area contributed by atoms with E-state index in [1.165, 1.54) is 0 Å². The Balaban J connectivity index is -0.000000448. The fourth-order valence-corrected chi connectivity index (χ4v) is 5.61. The number of hydrogen-bond donors (Lipinski definition) is 4. The van der Waals surface area contributed by atoms with Crippen LogP contribution in [0.25, 0.3) is 0 Å². The molecule has 7 rings (SSSR count). The molecule has 6 aromatic rings. The van der Waals surface area contributed by atoms with Gasteiger partial charge in [0, 0.05) is 105 Å². The van der Waals surface area contributed by atoms with E-state index in [9.17, 15) is 19.8 Å². The van der Waals surface area contributed by atoms with Crippen molar-refractivity contribution in [1.82, 2.24) is 39.7 Å². The molecule has 76 heavy (non-hydrogen) atoms. The van der Waals surface area contributed by atoms with Crippen LogP contribution in [-0.4, -0.2) is 100 Å². The van der Waals surface area contributed by atoms with E-state index in [4.69, 9.17) is 80.9 Å². The fourth-order valence-electron chi connectivity index (χ4n) is 5.26. The summed E-state index contributed by atoms with van der Waals surface area (Å²) >= 11 is 10.2. The van der Waals surface area contributed by atoms with Crippen molar-refractivity contribution in [2.24, 2.45) is 0 Å². The summed E-state index contributed by atoms with van der Waals surface area (Å²) in [4.78, 5) is 52.5. The van der Waals surface area contributed by atoms with Crippen molar-refractivity contribution < 1.29 is 132 Å². The number of aromatic nitrogens is 6. The third-order valence-electron chi connectivity index (χ3n) is 7.88. The summed E-state index contributed by atoms with van der Waals surface area (Å²) in [5.41, 5.74) is 6.30. The summed E-state index contributed by atoms with van der Waals surface area (Å²) in [6.45, 7) is 4.63. The Hall–Kier alpha value is -5.04. The molecule has 1 aliphatic carbocycles. The minimum atomic E-state index is -4.94. The number of ketones is 2. The average molecular weight is 1240 g/mol. The fraction of sp³-hybridized carbons (Fsp3) is 0.217. The smallest absolute Gasteiger partial charge is 0.869 e. The summed E-state index contributed by atoms with van der Waals surface area (Å²) in [7, 11) is -5.89. The van der Waals surface area contributed by atoms with Crippen molar-refractivity contribution in [3.05, 3.63) is 202 Å². The van der Waals surface area contributed by atoms with E-state index >= 15 is 0 Å². The molecule has 0 unspecified atom stereocenters. The number of rotatable bonds is 12. The predicted molar refractivity (Wildman–Crippen MR) is 240 cm³/mol. The molecule has 1 aliphatic rings. The normalized spacial score (nSPS) is 11.2. The predicted octanol–water partition coefficient (Wildman–Crippen LogP) is -6.18. The molecular formula is C46H52Cl4Cu2N8O16. The quantitative estimate of drug-likeness (QED) is 0.0654. The maximum atomic E-state index is 10.7. The van der Waals surface area contributed by atoms with Crippen molar-refractivity contribution in [2.75, 3.05) is 28.4 Å². The second-order valence-corrected chi connectivity index (χ2v) is 15.2. The van der Waals surface area contributed by atoms with Gasteiger partial charge >= 0.3 is 34.1 Å². The van der Waals surface area contributed by atoms with Crippen LogP contribution in [0, 0.1) is 20.5 Å². The van der Waals surface area contributed by atoms with Gasteiger partial charge in [-0.05, 0) is 84.3 Å². The molecule has 6 heterocycles. The van der Waals surface area contributed by atoms with E-state index < -0.39 is 53.6 Å². The maximum Gasteiger partial charge on any atom is 2.00 e. The van der Waals surface area contributed by atoms with Crippen LogP contribution in [0.4, 0.5) is 0 Å². The summed E-state index contributed by atoms with van der Waals surface area (Å²) in [5, 5.41) is 47.6. The van der Waals surface area contributed by atoms with Crippen LogP contribution in [0.15, 0.2) is 168 Å². The molecule has 0 saturated heterocycles. The Kier molecular flexibility index (Phi) is 47.0. The monoisotopic (exact) mass is 1240 g/mol. The number of carbonyl (C=O) groups is 2. The second kappa shape index (κ2) is 46.1. The molecule has 0 bridgehead atoms. The molecule has 6 aromatic heterocycles. The van der Waals surface area contributed by atoms with E-state index in [1.54, 1.807) is 0 Å². The molecular weight excluding hydrogens is 1190 g/mol. The van der Waals surface area contributed by atoms with E-state index in [-0.39, 0.29) is 34.1 Å². The van der Waals surface area contributed by atoms with Crippen molar-refractivity contribution in [3.63, 3.8) is 0 Å². The number of aliphatic hydroxyl groups excluding tert-OH is 4. The van der Waals surface area contributed by atoms with Gasteiger partial charge in [0.15, 0.2) is 11.6 Å². The number of carbonyl (C=O) groups excluding carboxylic acids is 2. The van der Waals surface area contributed by atoms with Crippen molar-refractivity contribution >= 4 is 34.8 Å². The molecule has 30 heteroatoms. The van der Waals surface area contributed by atoms with Crippen LogP contribution in [0.3, 0.4) is 0 Å². The molecule has 24 nitrogen and oxygen atoms in total. The van der Waals surface area contributed by atoms with E-state index in [2.05, 4.69) is 39.7 Å². The Bertz CT molecular complexity index is 2030. The van der Waals surface area contributed by atoms with Gasteiger partial charge in [-0.3, -0.25) is 49.3 Å². The number of halogens is 4. The van der Waals surface area contributed by atoms with E-state index in [1.807, 2.05) is 146 Å². The molecule has 0 atom stereocenters. The van der Waals surface area contributed by atoms with Crippen LogP contribution >= 0.6 is 23.2 Å². The maximum absolute atomic E-state index is 10.7. The van der Waals surface area contributed by atoms with Gasteiger partial charge in [-0.2, -0.15) is 0 Å². The van der Waals surface area contributed by atoms with Gasteiger partial charge in [0.1, 0.15) is 0 Å². The summed E-state index contributed by atoms with van der Waals surface area (Å²) in [6.07, 6.45) is 11.0. The van der Waals surface area contributed by atoms with Crippen molar-refractivity contribution in [3.8, 4) is 0 Å². The number of aliphatic hydroxyl groups is 4. The van der Waals surface area contributed by atoms with Gasteiger partial charge in [0.05, 0.1) is 44.2 Å². The van der Waals surface area contributed by atoms with Gasteiger partial charge in [-0.1, -0.05) is 59.6 Å². The number of hydrogen-bond acceptors (Lipinski definition) is 24. The van der Waals surface area contributed by atoms with E-state index in [0.717, 1.165) is 102 Å². The molecule has 4 N–H and O–H groups in total. The van der Waals surface area contributed by atoms with Gasteiger partial charge in [0.25, 0.3) is 0 Å². The minimum Gasteiger partial charge on any atom is -0.869 e. The zero-order chi connectivity index (χ0) is 56.5. The second-order valence-electron chi connectivity index (χ2n) is 12.9. The first kappa shape index (κ1) is 77.5. The minimum absolute atomic E-state index is 0. The molecule has 0 fully saturated rings. The first-order valence-corrected chi connectivity index (χ1v) is 23.6. The first-order valence-electron chi connectivity index (χ1n) is 20.4. The number of nitrogens with zero attached hydrogens (tertiary/aromatic N) is 8. The van der Waals surface area contributed by atoms with Gasteiger partial charge < -0.3 is 30.6 Å². The molecule has 422 valence electrons. The van der Waals surface area contributed by atoms with Crippen LogP contribution in [0.2, 0.25) is 0 Å². The van der Waals surface area contributed by atoms with Gasteiger partial charge in [0.2, 0.25) is 0 Å². The third kappa shape index (κ3) is 38.5. The largest absolute Gasteiger partial charge is 2.00 e. The third-order valence-corrected chi connectivity index (χ3v) is 8.57. The van der Waals surface area contributed by atoms with Crippen LogP contribution in [0.1, 0.15) is 34.2 Å². The topological polar surface area (TPSA) is 429 Å². The van der Waals surface area contributed by atoms with Crippen molar-refractivity contribution in [1.29, 1.82) is 0 Å². The van der Waals surface area contributed by atoms with Gasteiger partial charge in [-0.15, -0.1) is 20.5 Å². The Morgan fingerprint density at radius 3 is 0.632 bits per heavy atom. The van der Waals surface area contributed by atoms with Crippen LogP contribution in [0.5, 0.6) is 0 Å². The standard InChI is InChI=1S/2C18H18N4.C6H2Cl2O4.4CH4O.2ClHO4.2Cu/c2*1-4-10-19-16(7-1)13-22(14-17-8-2-5-11-20-17)15-18-9-3-6-12-21-18;7-1-3(9)5(11)2(8)6(12)4(1)10;4*1-2;2*2-1(3,4)5;;/h2*1-12H,13-15H2;9,12H;4*2H,1H3;2*(H,2,3,4,5);;/q;;;;;;;;;2*+2/p-4. The number of Topliss-reactive ketones (excluding diaryl/α,β-unsaturated/α-hetero) is 2. The zero-order valence-corrected chi connectivity index (χ0v) is 45.4. The molecule has 2 radical (unpaired) electrons. The molecule has 0 aliphatic heterocycles. The SMILES string of the molecule is CO.CO.CO.CO.O=C1C([O-])=C(Cl)C(=O)C([O-])=C1Cl.[Cu+2].[Cu+2].[O-][Cl+3]([O-])([O-])[O-].[O-][Cl+3]([O-])([O-])[O-].c1ccc(CN(Cc2ccccn2)Cc2ccccn2)nc1.c1ccc(CN(Cc2ccccn2)Cc2ccccn2)nc1. The molecule has 0 amide bonds. The number of pyridine rings is 6. The van der Waals surface area contributed by atoms with Gasteiger partial charge in [-0.25, -0.2) is 37.3 Å². The Labute approximate surface area is 473 Å². The van der Waals surface area contributed by atoms with Crippen LogP contribution < -0.4 is 47.5 Å². The number of allylic oxidation sites excluding steroid dienone is 2. The summed E-state index contributed by atoms with van der Waals surface area (Å²) < 4.78 is 67.9. The summed E-state index contributed by atoms with van der Waals surface area (Å²) in [6, 6.07) is 36.0. The Morgan fingerprint density at radius 1 is 0.368 bits per heavy atom. The molecule has 0 spiro atoms. The van der Waals surface area contributed by atoms with Crippen molar-refractivity contribution in [2.45, 2.75) is 39.3 Å². The van der Waals surface area contributed by atoms with Crippen LogP contribution in [-0.2, 0) is 83.0 Å². The molecule has 0 aromatic carbocycles. The first-order chi connectivity index (χ1) is 35.3. The Morgan fingerprint density at radius 2 is 0.513 bits per heavy atom. The zero-order valence-electron chi connectivity index (χ0n) is 40.5.